The van der Waals surface area contributed by atoms with E-state index in [0.29, 0.717) is 17.0 Å². The van der Waals surface area contributed by atoms with Gasteiger partial charge in [-0.05, 0) is 24.3 Å². The number of esters is 1. The highest BCUT2D eigenvalue weighted by atomic mass is 32.2. The Morgan fingerprint density at radius 1 is 1.12 bits per heavy atom. The lowest BCUT2D eigenvalue weighted by Gasteiger charge is -2.03. The van der Waals surface area contributed by atoms with Crippen molar-refractivity contribution in [2.75, 3.05) is 12.9 Å². The van der Waals surface area contributed by atoms with Gasteiger partial charge in [0, 0.05) is 17.1 Å². The lowest BCUT2D eigenvalue weighted by molar-refractivity contribution is -0.141. The number of aromatic nitrogens is 1. The van der Waals surface area contributed by atoms with Crippen LogP contribution in [-0.4, -0.2) is 29.3 Å². The van der Waals surface area contributed by atoms with Gasteiger partial charge in [0.05, 0.1) is 17.3 Å². The number of hydrogen-bond donors (Lipinski definition) is 0. The minimum absolute atomic E-state index is 0.0331. The molecule has 0 unspecified atom stereocenters. The van der Waals surface area contributed by atoms with E-state index in [1.54, 1.807) is 16.3 Å². The van der Waals surface area contributed by atoms with Crippen LogP contribution in [0.2, 0.25) is 0 Å². The zero-order valence-corrected chi connectivity index (χ0v) is 15.9. The molecule has 1 amide bonds. The lowest BCUT2D eigenvalue weighted by atomic mass is 10.3. The number of methoxy groups -OCH3 is 1. The number of carbonyl (C=O) groups is 2. The Bertz CT molecular complexity index is 977. The van der Waals surface area contributed by atoms with Crippen LogP contribution in [-0.2, 0) is 20.9 Å². The quantitative estimate of drug-likeness (QED) is 0.481. The third kappa shape index (κ3) is 4.62. The van der Waals surface area contributed by atoms with Gasteiger partial charge in [-0.25, -0.2) is 0 Å². The molecule has 0 atom stereocenters. The van der Waals surface area contributed by atoms with Crippen molar-refractivity contribution < 1.29 is 14.3 Å². The van der Waals surface area contributed by atoms with E-state index in [1.165, 1.54) is 18.4 Å². The van der Waals surface area contributed by atoms with Gasteiger partial charge in [-0.3, -0.25) is 9.59 Å². The Balaban J connectivity index is 1.78. The number of nitrogens with zero attached hydrogens (tertiary/aromatic N) is 2. The van der Waals surface area contributed by atoms with Crippen LogP contribution in [0.25, 0.3) is 10.2 Å². The van der Waals surface area contributed by atoms with Crippen molar-refractivity contribution in [2.24, 2.45) is 4.99 Å². The molecule has 0 aliphatic carbocycles. The van der Waals surface area contributed by atoms with Gasteiger partial charge >= 0.3 is 5.97 Å². The smallest absolute Gasteiger partial charge is 0.325 e. The molecule has 3 aromatic rings. The second-order valence-corrected chi connectivity index (χ2v) is 7.61. The third-order valence-electron chi connectivity index (χ3n) is 3.65. The predicted octanol–water partition coefficient (Wildman–Crippen LogP) is 3.49. The summed E-state index contributed by atoms with van der Waals surface area (Å²) in [6, 6.07) is 17.6. The summed E-state index contributed by atoms with van der Waals surface area (Å²) < 4.78 is 7.47. The fraction of sp³-hybridized carbons (Fsp3) is 0.211. The lowest BCUT2D eigenvalue weighted by Crippen LogP contribution is -2.22. The van der Waals surface area contributed by atoms with E-state index in [-0.39, 0.29) is 18.4 Å². The van der Waals surface area contributed by atoms with Gasteiger partial charge in [0.15, 0.2) is 4.80 Å². The molecule has 26 heavy (non-hydrogen) atoms. The maximum Gasteiger partial charge on any atom is 0.325 e. The second-order valence-electron chi connectivity index (χ2n) is 5.43. The fourth-order valence-electron chi connectivity index (χ4n) is 2.39. The molecule has 1 heterocycles. The molecule has 0 spiro atoms. The Hall–Kier alpha value is -2.38. The number of thiazole rings is 1. The SMILES string of the molecule is COC(=O)Cn1c(=NC(=O)CCSc2ccccc2)sc2ccccc21. The van der Waals surface area contributed by atoms with E-state index in [4.69, 9.17) is 4.74 Å². The summed E-state index contributed by atoms with van der Waals surface area (Å²) in [7, 11) is 1.35. The van der Waals surface area contributed by atoms with E-state index in [2.05, 4.69) is 4.99 Å². The number of hydrogen-bond acceptors (Lipinski definition) is 5. The van der Waals surface area contributed by atoms with E-state index in [0.717, 1.165) is 15.1 Å². The molecule has 2 aromatic carbocycles. The molecular weight excluding hydrogens is 368 g/mol. The van der Waals surface area contributed by atoms with Gasteiger partial charge in [0.2, 0.25) is 5.91 Å². The van der Waals surface area contributed by atoms with Crippen LogP contribution in [0.4, 0.5) is 0 Å². The summed E-state index contributed by atoms with van der Waals surface area (Å²) in [6.07, 6.45) is 0.339. The van der Waals surface area contributed by atoms with Crippen LogP contribution in [0.1, 0.15) is 6.42 Å². The molecule has 0 saturated heterocycles. The monoisotopic (exact) mass is 386 g/mol. The van der Waals surface area contributed by atoms with Gasteiger partial charge in [0.1, 0.15) is 6.54 Å². The highest BCUT2D eigenvalue weighted by Gasteiger charge is 2.11. The van der Waals surface area contributed by atoms with Crippen molar-refractivity contribution in [2.45, 2.75) is 17.9 Å². The molecule has 1 aromatic heterocycles. The van der Waals surface area contributed by atoms with Crippen molar-refractivity contribution in [1.29, 1.82) is 0 Å². The number of benzene rings is 2. The minimum atomic E-state index is -0.373. The Labute approximate surface area is 159 Å². The van der Waals surface area contributed by atoms with Crippen LogP contribution in [0.5, 0.6) is 0 Å². The number of ether oxygens (including phenoxy) is 1. The highest BCUT2D eigenvalue weighted by Crippen LogP contribution is 2.19. The predicted molar refractivity (Wildman–Crippen MR) is 104 cm³/mol. The van der Waals surface area contributed by atoms with E-state index in [1.807, 2.05) is 54.6 Å². The highest BCUT2D eigenvalue weighted by molar-refractivity contribution is 7.99. The summed E-state index contributed by atoms with van der Waals surface area (Å²) in [5, 5.41) is 0. The first-order valence-corrected chi connectivity index (χ1v) is 9.88. The maximum atomic E-state index is 12.3. The molecule has 0 saturated carbocycles. The van der Waals surface area contributed by atoms with Crippen LogP contribution in [0, 0.1) is 0 Å². The molecule has 0 N–H and O–H groups in total. The van der Waals surface area contributed by atoms with E-state index >= 15 is 0 Å². The molecule has 3 rings (SSSR count). The summed E-state index contributed by atoms with van der Waals surface area (Å²) in [5.41, 5.74) is 0.869. The van der Waals surface area contributed by atoms with Crippen molar-refractivity contribution in [3.05, 3.63) is 59.4 Å². The average Bonchev–Trinajstić information content (AvgIpc) is 2.99. The number of carbonyl (C=O) groups excluding carboxylic acids is 2. The van der Waals surface area contributed by atoms with Crippen LogP contribution in [0.3, 0.4) is 0 Å². The van der Waals surface area contributed by atoms with Crippen LogP contribution in [0.15, 0.2) is 64.5 Å². The van der Waals surface area contributed by atoms with Gasteiger partial charge in [-0.15, -0.1) is 11.8 Å². The Kier molecular flexibility index (Phi) is 6.25. The molecule has 0 aliphatic rings. The van der Waals surface area contributed by atoms with Gasteiger partial charge in [-0.1, -0.05) is 41.7 Å². The zero-order valence-electron chi connectivity index (χ0n) is 14.3. The molecule has 5 nitrogen and oxygen atoms in total. The van der Waals surface area contributed by atoms with Crippen molar-refractivity contribution >= 4 is 45.2 Å². The Morgan fingerprint density at radius 2 is 1.85 bits per heavy atom. The maximum absolute atomic E-state index is 12.3. The van der Waals surface area contributed by atoms with E-state index < -0.39 is 0 Å². The second kappa shape index (κ2) is 8.82. The molecule has 0 fully saturated rings. The topological polar surface area (TPSA) is 60.7 Å². The van der Waals surface area contributed by atoms with Gasteiger partial charge in [-0.2, -0.15) is 4.99 Å². The normalized spacial score (nSPS) is 11.7. The number of rotatable bonds is 6. The zero-order chi connectivity index (χ0) is 18.4. The Morgan fingerprint density at radius 3 is 2.62 bits per heavy atom. The van der Waals surface area contributed by atoms with Crippen molar-refractivity contribution in [3.8, 4) is 0 Å². The molecule has 134 valence electrons. The number of para-hydroxylation sites is 1. The standard InChI is InChI=1S/C19H18N2O3S2/c1-24-18(23)13-21-15-9-5-6-10-16(15)26-19(21)20-17(22)11-12-25-14-7-3-2-4-8-14/h2-10H,11-13H2,1H3. The van der Waals surface area contributed by atoms with E-state index in [9.17, 15) is 9.59 Å². The first-order chi connectivity index (χ1) is 12.7. The summed E-state index contributed by atoms with van der Waals surface area (Å²) in [4.78, 5) is 29.9. The minimum Gasteiger partial charge on any atom is -0.468 e. The average molecular weight is 386 g/mol. The molecule has 7 heteroatoms. The summed E-state index contributed by atoms with van der Waals surface area (Å²) >= 11 is 3.02. The molecule has 0 radical (unpaired) electrons. The first-order valence-electron chi connectivity index (χ1n) is 8.08. The summed E-state index contributed by atoms with van der Waals surface area (Å²) in [5.74, 6) is 0.0921. The number of amides is 1. The molecule has 0 aliphatic heterocycles. The fourth-order valence-corrected chi connectivity index (χ4v) is 4.30. The number of fused-ring (bicyclic) bond motifs is 1. The largest absolute Gasteiger partial charge is 0.468 e. The van der Waals surface area contributed by atoms with Crippen LogP contribution < -0.4 is 4.80 Å². The molecular formula is C19H18N2O3S2. The van der Waals surface area contributed by atoms with Crippen molar-refractivity contribution in [1.82, 2.24) is 4.57 Å². The van der Waals surface area contributed by atoms with Gasteiger partial charge in [0.25, 0.3) is 0 Å². The van der Waals surface area contributed by atoms with Crippen molar-refractivity contribution in [3.63, 3.8) is 0 Å². The summed E-state index contributed by atoms with van der Waals surface area (Å²) in [6.45, 7) is 0.0331. The van der Waals surface area contributed by atoms with Crippen LogP contribution >= 0.6 is 23.1 Å². The molecule has 0 bridgehead atoms. The number of thioether (sulfide) groups is 1. The van der Waals surface area contributed by atoms with Gasteiger partial charge < -0.3 is 9.30 Å². The first kappa shape index (κ1) is 18.4. The third-order valence-corrected chi connectivity index (χ3v) is 5.72.